The molecule has 1 atom stereocenters. The van der Waals surface area contributed by atoms with E-state index in [1.807, 2.05) is 30.3 Å². The number of hydrogen-bond acceptors (Lipinski definition) is 4. The van der Waals surface area contributed by atoms with E-state index in [2.05, 4.69) is 25.6 Å². The number of amides is 3. The smallest absolute Gasteiger partial charge is 0.387 e. The summed E-state index contributed by atoms with van der Waals surface area (Å²) in [6, 6.07) is 14.7. The van der Waals surface area contributed by atoms with E-state index >= 15 is 0 Å². The van der Waals surface area contributed by atoms with Crippen LogP contribution in [0.1, 0.15) is 19.3 Å². The van der Waals surface area contributed by atoms with Crippen LogP contribution in [0.5, 0.6) is 5.75 Å². The van der Waals surface area contributed by atoms with Crippen LogP contribution in [0.25, 0.3) is 0 Å². The van der Waals surface area contributed by atoms with Gasteiger partial charge in [0.15, 0.2) is 0 Å². The predicted octanol–water partition coefficient (Wildman–Crippen LogP) is 3.90. The Hall–Kier alpha value is -3.20. The van der Waals surface area contributed by atoms with Crippen LogP contribution in [0.2, 0.25) is 0 Å². The number of likely N-dealkylation sites (tertiary alicyclic amines) is 1. The predicted molar refractivity (Wildman–Crippen MR) is 114 cm³/mol. The normalized spacial score (nSPS) is 16.5. The molecule has 3 rings (SSSR count). The first kappa shape index (κ1) is 22.5. The van der Waals surface area contributed by atoms with Crippen molar-refractivity contribution in [2.45, 2.75) is 31.9 Å². The highest BCUT2D eigenvalue weighted by molar-refractivity contribution is 5.92. The number of hydrogen-bond donors (Lipinski definition) is 3. The van der Waals surface area contributed by atoms with Crippen LogP contribution in [0.4, 0.5) is 25.0 Å². The summed E-state index contributed by atoms with van der Waals surface area (Å²) < 4.78 is 28.7. The Morgan fingerprint density at radius 2 is 1.71 bits per heavy atom. The van der Waals surface area contributed by atoms with Gasteiger partial charge in [-0.15, -0.1) is 0 Å². The Morgan fingerprint density at radius 1 is 1.00 bits per heavy atom. The molecule has 3 N–H and O–H groups in total. The molecule has 9 heteroatoms. The third kappa shape index (κ3) is 7.53. The number of alkyl halides is 2. The zero-order valence-electron chi connectivity index (χ0n) is 17.0. The quantitative estimate of drug-likeness (QED) is 0.591. The lowest BCUT2D eigenvalue weighted by Gasteiger charge is -2.35. The number of ether oxygens (including phenoxy) is 1. The molecular weight excluding hydrogens is 406 g/mol. The largest absolute Gasteiger partial charge is 0.435 e. The highest BCUT2D eigenvalue weighted by atomic mass is 19.3. The van der Waals surface area contributed by atoms with Crippen molar-refractivity contribution in [1.82, 2.24) is 10.2 Å². The molecule has 0 aliphatic carbocycles. The molecule has 7 nitrogen and oxygen atoms in total. The summed E-state index contributed by atoms with van der Waals surface area (Å²) in [4.78, 5) is 26.7. The van der Waals surface area contributed by atoms with Gasteiger partial charge in [0.25, 0.3) is 0 Å². The standard InChI is InChI=1S/C22H26F2N4O3/c23-21(24)31-19-11-9-17(10-12-19)26-20(29)15-28-13-5-4-8-18(28)14-25-22(30)27-16-6-2-1-3-7-16/h1-3,6-7,9-12,18,21H,4-5,8,13-15H2,(H,26,29)(H2,25,27,30). The van der Waals surface area contributed by atoms with Crippen molar-refractivity contribution in [2.75, 3.05) is 30.3 Å². The Kier molecular flexibility index (Phi) is 8.17. The summed E-state index contributed by atoms with van der Waals surface area (Å²) in [6.07, 6.45) is 2.91. The number of piperidine rings is 1. The van der Waals surface area contributed by atoms with Crippen LogP contribution < -0.4 is 20.7 Å². The van der Waals surface area contributed by atoms with Gasteiger partial charge in [0, 0.05) is 24.0 Å². The van der Waals surface area contributed by atoms with E-state index in [-0.39, 0.29) is 30.3 Å². The highest BCUT2D eigenvalue weighted by Gasteiger charge is 2.24. The highest BCUT2D eigenvalue weighted by Crippen LogP contribution is 2.19. The molecule has 1 heterocycles. The van der Waals surface area contributed by atoms with Crippen molar-refractivity contribution in [1.29, 1.82) is 0 Å². The van der Waals surface area contributed by atoms with Gasteiger partial charge in [-0.2, -0.15) is 8.78 Å². The van der Waals surface area contributed by atoms with E-state index < -0.39 is 6.61 Å². The van der Waals surface area contributed by atoms with Gasteiger partial charge in [-0.1, -0.05) is 24.6 Å². The van der Waals surface area contributed by atoms with E-state index in [0.717, 1.165) is 25.8 Å². The van der Waals surface area contributed by atoms with Gasteiger partial charge in [-0.05, 0) is 55.8 Å². The third-order valence-electron chi connectivity index (χ3n) is 4.99. The van der Waals surface area contributed by atoms with Crippen molar-refractivity contribution < 1.29 is 23.1 Å². The summed E-state index contributed by atoms with van der Waals surface area (Å²) in [5, 5.41) is 8.42. The molecule has 166 valence electrons. The van der Waals surface area contributed by atoms with Crippen molar-refractivity contribution in [3.63, 3.8) is 0 Å². The van der Waals surface area contributed by atoms with E-state index in [4.69, 9.17) is 0 Å². The number of urea groups is 1. The minimum absolute atomic E-state index is 0.0314. The van der Waals surface area contributed by atoms with Crippen LogP contribution in [0.3, 0.4) is 0 Å². The molecule has 0 aromatic heterocycles. The molecule has 1 fully saturated rings. The number of carbonyl (C=O) groups excluding carboxylic acids is 2. The Balaban J connectivity index is 1.47. The second-order valence-electron chi connectivity index (χ2n) is 7.27. The molecule has 0 saturated carbocycles. The summed E-state index contributed by atoms with van der Waals surface area (Å²) in [5.74, 6) is -0.174. The molecule has 1 aliphatic rings. The lowest BCUT2D eigenvalue weighted by molar-refractivity contribution is -0.118. The van der Waals surface area contributed by atoms with E-state index in [9.17, 15) is 18.4 Å². The zero-order chi connectivity index (χ0) is 22.1. The molecule has 1 aliphatic heterocycles. The summed E-state index contributed by atoms with van der Waals surface area (Å²) in [5.41, 5.74) is 1.21. The number of halogens is 2. The van der Waals surface area contributed by atoms with Gasteiger partial charge < -0.3 is 20.7 Å². The molecule has 0 radical (unpaired) electrons. The van der Waals surface area contributed by atoms with Crippen LogP contribution >= 0.6 is 0 Å². The molecule has 1 saturated heterocycles. The first-order valence-electron chi connectivity index (χ1n) is 10.2. The lowest BCUT2D eigenvalue weighted by Crippen LogP contribution is -2.49. The van der Waals surface area contributed by atoms with Crippen LogP contribution in [0.15, 0.2) is 54.6 Å². The number of benzene rings is 2. The molecular formula is C22H26F2N4O3. The van der Waals surface area contributed by atoms with Crippen molar-refractivity contribution >= 4 is 23.3 Å². The topological polar surface area (TPSA) is 82.7 Å². The van der Waals surface area contributed by atoms with Crippen molar-refractivity contribution in [3.05, 3.63) is 54.6 Å². The molecule has 1 unspecified atom stereocenters. The number of carbonyl (C=O) groups is 2. The Labute approximate surface area is 179 Å². The van der Waals surface area contributed by atoms with Gasteiger partial charge >= 0.3 is 12.6 Å². The van der Waals surface area contributed by atoms with Gasteiger partial charge in [0.05, 0.1) is 6.54 Å². The summed E-state index contributed by atoms with van der Waals surface area (Å²) >= 11 is 0. The fourth-order valence-corrected chi connectivity index (χ4v) is 3.51. The fourth-order valence-electron chi connectivity index (χ4n) is 3.51. The maximum absolute atomic E-state index is 12.5. The minimum atomic E-state index is -2.89. The zero-order valence-corrected chi connectivity index (χ0v) is 17.0. The third-order valence-corrected chi connectivity index (χ3v) is 4.99. The summed E-state index contributed by atoms with van der Waals surface area (Å²) in [6.45, 7) is -1.51. The van der Waals surface area contributed by atoms with Crippen LogP contribution in [-0.2, 0) is 4.79 Å². The SMILES string of the molecule is O=C(CN1CCCCC1CNC(=O)Nc1ccccc1)Nc1ccc(OC(F)F)cc1. The average Bonchev–Trinajstić information content (AvgIpc) is 2.75. The maximum atomic E-state index is 12.5. The maximum Gasteiger partial charge on any atom is 0.387 e. The van der Waals surface area contributed by atoms with Crippen molar-refractivity contribution in [2.24, 2.45) is 0 Å². The molecule has 0 bridgehead atoms. The Morgan fingerprint density at radius 3 is 2.42 bits per heavy atom. The number of anilines is 2. The molecule has 2 aromatic rings. The second-order valence-corrected chi connectivity index (χ2v) is 7.27. The van der Waals surface area contributed by atoms with Gasteiger partial charge in [-0.25, -0.2) is 4.79 Å². The van der Waals surface area contributed by atoms with Gasteiger partial charge in [-0.3, -0.25) is 9.69 Å². The monoisotopic (exact) mass is 432 g/mol. The van der Waals surface area contributed by atoms with Crippen molar-refractivity contribution in [3.8, 4) is 5.75 Å². The number of nitrogens with one attached hydrogen (secondary N) is 3. The number of rotatable bonds is 8. The lowest BCUT2D eigenvalue weighted by atomic mass is 10.0. The molecule has 2 aromatic carbocycles. The number of nitrogens with zero attached hydrogens (tertiary/aromatic N) is 1. The van der Waals surface area contributed by atoms with Gasteiger partial charge in [0.2, 0.25) is 5.91 Å². The second kappa shape index (κ2) is 11.3. The average molecular weight is 432 g/mol. The van der Waals surface area contributed by atoms with Gasteiger partial charge in [0.1, 0.15) is 5.75 Å². The van der Waals surface area contributed by atoms with Crippen LogP contribution in [-0.4, -0.2) is 49.1 Å². The van der Waals surface area contributed by atoms with E-state index in [1.54, 1.807) is 0 Å². The van der Waals surface area contributed by atoms with Crippen LogP contribution in [0, 0.1) is 0 Å². The fraction of sp³-hybridized carbons (Fsp3) is 0.364. The minimum Gasteiger partial charge on any atom is -0.435 e. The van der Waals surface area contributed by atoms with E-state index in [0.29, 0.717) is 17.9 Å². The molecule has 3 amide bonds. The number of para-hydroxylation sites is 1. The molecule has 0 spiro atoms. The summed E-state index contributed by atoms with van der Waals surface area (Å²) in [7, 11) is 0. The first-order chi connectivity index (χ1) is 15.0. The molecule has 31 heavy (non-hydrogen) atoms. The Bertz CT molecular complexity index is 850. The first-order valence-corrected chi connectivity index (χ1v) is 10.2. The van der Waals surface area contributed by atoms with E-state index in [1.165, 1.54) is 24.3 Å².